The summed E-state index contributed by atoms with van der Waals surface area (Å²) < 4.78 is 0. The number of benzene rings is 3. The molecule has 0 bridgehead atoms. The average molecular weight is 459 g/mol. The van der Waals surface area contributed by atoms with E-state index in [1.165, 1.54) is 4.90 Å². The first kappa shape index (κ1) is 22.6. The maximum Gasteiger partial charge on any atom is 0.254 e. The molecular weight excluding hydrogens is 432 g/mol. The molecule has 7 heteroatoms. The summed E-state index contributed by atoms with van der Waals surface area (Å²) in [6.45, 7) is 2.03. The number of H-pyrrole nitrogens is 1. The highest BCUT2D eigenvalue weighted by Gasteiger charge is 2.16. The fourth-order valence-electron chi connectivity index (χ4n) is 3.54. The summed E-state index contributed by atoms with van der Waals surface area (Å²) in [7, 11) is 1.64. The number of carbonyl (C=O) groups is 2. The van der Waals surface area contributed by atoms with Crippen LogP contribution >= 0.6 is 11.8 Å². The van der Waals surface area contributed by atoms with Crippen molar-refractivity contribution in [1.82, 2.24) is 14.9 Å². The number of thioether (sulfide) groups is 1. The van der Waals surface area contributed by atoms with E-state index in [0.717, 1.165) is 45.2 Å². The second kappa shape index (κ2) is 10.4. The van der Waals surface area contributed by atoms with Gasteiger partial charge in [-0.3, -0.25) is 9.59 Å². The van der Waals surface area contributed by atoms with Gasteiger partial charge in [-0.15, -0.1) is 0 Å². The van der Waals surface area contributed by atoms with Crippen LogP contribution in [0, 0.1) is 0 Å². The molecule has 1 aromatic heterocycles. The van der Waals surface area contributed by atoms with E-state index in [1.54, 1.807) is 30.9 Å². The molecule has 0 radical (unpaired) electrons. The number of hydrogen-bond acceptors (Lipinski definition) is 4. The topological polar surface area (TPSA) is 78.1 Å². The standard InChI is InChI=1S/C26H26N4O2S/c1-3-19-8-4-5-9-21(19)27-24(31)16-30(2)25(32)20-14-12-18(13-15-20)17-33-26-28-22-10-6-7-11-23(22)29-26/h4-15H,3,16-17H2,1-2H3,(H,27,31)(H,28,29). The lowest BCUT2D eigenvalue weighted by atomic mass is 10.1. The lowest BCUT2D eigenvalue weighted by molar-refractivity contribution is -0.116. The van der Waals surface area contributed by atoms with Gasteiger partial charge in [0.1, 0.15) is 0 Å². The van der Waals surface area contributed by atoms with Crippen molar-refractivity contribution in [2.75, 3.05) is 18.9 Å². The van der Waals surface area contributed by atoms with Crippen LogP contribution in [0.15, 0.2) is 78.0 Å². The van der Waals surface area contributed by atoms with Crippen LogP contribution in [0.4, 0.5) is 5.69 Å². The minimum absolute atomic E-state index is 0.0134. The van der Waals surface area contributed by atoms with Gasteiger partial charge in [0, 0.05) is 24.1 Å². The Bertz CT molecular complexity index is 1230. The van der Waals surface area contributed by atoms with Gasteiger partial charge < -0.3 is 15.2 Å². The number of aryl methyl sites for hydroxylation is 1. The van der Waals surface area contributed by atoms with E-state index >= 15 is 0 Å². The molecule has 0 fully saturated rings. The summed E-state index contributed by atoms with van der Waals surface area (Å²) in [4.78, 5) is 34.5. The number of likely N-dealkylation sites (N-methyl/N-ethyl adjacent to an activating group) is 1. The first-order chi connectivity index (χ1) is 16.0. The molecule has 4 aromatic rings. The molecule has 0 spiro atoms. The normalized spacial score (nSPS) is 10.8. The average Bonchev–Trinajstić information content (AvgIpc) is 3.26. The number of rotatable bonds is 8. The van der Waals surface area contributed by atoms with Gasteiger partial charge in [0.2, 0.25) is 5.91 Å². The molecule has 0 atom stereocenters. The summed E-state index contributed by atoms with van der Waals surface area (Å²) >= 11 is 1.62. The van der Waals surface area contributed by atoms with Crippen molar-refractivity contribution in [2.24, 2.45) is 0 Å². The molecule has 0 saturated heterocycles. The predicted octanol–water partition coefficient (Wildman–Crippen LogP) is 5.13. The van der Waals surface area contributed by atoms with Crippen LogP contribution in [0.25, 0.3) is 11.0 Å². The van der Waals surface area contributed by atoms with Crippen molar-refractivity contribution in [3.05, 3.63) is 89.5 Å². The van der Waals surface area contributed by atoms with Crippen molar-refractivity contribution in [1.29, 1.82) is 0 Å². The molecule has 0 unspecified atom stereocenters. The van der Waals surface area contributed by atoms with Gasteiger partial charge in [0.05, 0.1) is 17.6 Å². The molecule has 33 heavy (non-hydrogen) atoms. The Kier molecular flexibility index (Phi) is 7.10. The third-order valence-corrected chi connectivity index (χ3v) is 6.29. The van der Waals surface area contributed by atoms with Crippen molar-refractivity contribution >= 4 is 40.3 Å². The van der Waals surface area contributed by atoms with E-state index in [4.69, 9.17) is 0 Å². The fourth-order valence-corrected chi connectivity index (χ4v) is 4.38. The van der Waals surface area contributed by atoms with Crippen LogP contribution in [-0.2, 0) is 17.0 Å². The van der Waals surface area contributed by atoms with E-state index in [1.807, 2.05) is 67.6 Å². The Morgan fingerprint density at radius 2 is 1.73 bits per heavy atom. The first-order valence-electron chi connectivity index (χ1n) is 10.8. The fraction of sp³-hybridized carbons (Fsp3) is 0.192. The van der Waals surface area contributed by atoms with Crippen molar-refractivity contribution in [3.8, 4) is 0 Å². The second-order valence-electron chi connectivity index (χ2n) is 7.76. The van der Waals surface area contributed by atoms with Gasteiger partial charge in [0.15, 0.2) is 5.16 Å². The molecule has 0 aliphatic rings. The monoisotopic (exact) mass is 458 g/mol. The third kappa shape index (κ3) is 5.62. The van der Waals surface area contributed by atoms with E-state index in [2.05, 4.69) is 15.3 Å². The van der Waals surface area contributed by atoms with Gasteiger partial charge >= 0.3 is 0 Å². The molecule has 6 nitrogen and oxygen atoms in total. The van der Waals surface area contributed by atoms with Crippen LogP contribution < -0.4 is 5.32 Å². The predicted molar refractivity (Wildman–Crippen MR) is 134 cm³/mol. The number of nitrogens with one attached hydrogen (secondary N) is 2. The Balaban J connectivity index is 1.31. The number of imidazole rings is 1. The van der Waals surface area contributed by atoms with Crippen molar-refractivity contribution in [3.63, 3.8) is 0 Å². The van der Waals surface area contributed by atoms with Crippen molar-refractivity contribution in [2.45, 2.75) is 24.3 Å². The van der Waals surface area contributed by atoms with Gasteiger partial charge in [-0.05, 0) is 47.9 Å². The summed E-state index contributed by atoms with van der Waals surface area (Å²) in [5.41, 5.74) is 5.47. The van der Waals surface area contributed by atoms with E-state index in [0.29, 0.717) is 5.56 Å². The Hall–Kier alpha value is -3.58. The maximum atomic E-state index is 12.8. The van der Waals surface area contributed by atoms with E-state index < -0.39 is 0 Å². The summed E-state index contributed by atoms with van der Waals surface area (Å²) in [5.74, 6) is 0.333. The number of para-hydroxylation sites is 3. The van der Waals surface area contributed by atoms with Crippen LogP contribution in [-0.4, -0.2) is 40.3 Å². The molecule has 2 N–H and O–H groups in total. The summed E-state index contributed by atoms with van der Waals surface area (Å²) in [6, 6.07) is 23.1. The number of aromatic nitrogens is 2. The quantitative estimate of drug-likeness (QED) is 0.359. The zero-order valence-electron chi connectivity index (χ0n) is 18.7. The third-order valence-electron chi connectivity index (χ3n) is 5.34. The van der Waals surface area contributed by atoms with E-state index in [-0.39, 0.29) is 18.4 Å². The number of amides is 2. The maximum absolute atomic E-state index is 12.8. The van der Waals surface area contributed by atoms with Crippen LogP contribution in [0.3, 0.4) is 0 Å². The Morgan fingerprint density at radius 3 is 2.48 bits per heavy atom. The molecule has 0 aliphatic heterocycles. The number of aromatic amines is 1. The Morgan fingerprint density at radius 1 is 1.00 bits per heavy atom. The van der Waals surface area contributed by atoms with Crippen LogP contribution in [0.1, 0.15) is 28.4 Å². The second-order valence-corrected chi connectivity index (χ2v) is 8.73. The van der Waals surface area contributed by atoms with Gasteiger partial charge in [-0.2, -0.15) is 0 Å². The van der Waals surface area contributed by atoms with Gasteiger partial charge in [-0.1, -0.05) is 61.2 Å². The van der Waals surface area contributed by atoms with E-state index in [9.17, 15) is 9.59 Å². The number of anilines is 1. The molecular formula is C26H26N4O2S. The largest absolute Gasteiger partial charge is 0.333 e. The molecule has 0 saturated carbocycles. The molecule has 3 aromatic carbocycles. The number of nitrogens with zero attached hydrogens (tertiary/aromatic N) is 2. The molecule has 168 valence electrons. The van der Waals surface area contributed by atoms with Crippen LogP contribution in [0.2, 0.25) is 0 Å². The molecule has 1 heterocycles. The van der Waals surface area contributed by atoms with Crippen LogP contribution in [0.5, 0.6) is 0 Å². The van der Waals surface area contributed by atoms with Gasteiger partial charge in [-0.25, -0.2) is 4.98 Å². The zero-order valence-corrected chi connectivity index (χ0v) is 19.5. The highest BCUT2D eigenvalue weighted by molar-refractivity contribution is 7.98. The lowest BCUT2D eigenvalue weighted by Gasteiger charge is -2.18. The van der Waals surface area contributed by atoms with Gasteiger partial charge in [0.25, 0.3) is 5.91 Å². The van der Waals surface area contributed by atoms with Crippen molar-refractivity contribution < 1.29 is 9.59 Å². The smallest absolute Gasteiger partial charge is 0.254 e. The molecule has 2 amide bonds. The molecule has 4 rings (SSSR count). The first-order valence-corrected chi connectivity index (χ1v) is 11.8. The molecule has 0 aliphatic carbocycles. The number of fused-ring (bicyclic) bond motifs is 1. The summed E-state index contributed by atoms with van der Waals surface area (Å²) in [5, 5.41) is 3.77. The SMILES string of the molecule is CCc1ccccc1NC(=O)CN(C)C(=O)c1ccc(CSc2nc3ccccc3[nH]2)cc1. The highest BCUT2D eigenvalue weighted by Crippen LogP contribution is 2.23. The summed E-state index contributed by atoms with van der Waals surface area (Å²) in [6.07, 6.45) is 0.826. The zero-order chi connectivity index (χ0) is 23.2. The Labute approximate surface area is 197 Å². The number of carbonyl (C=O) groups excluding carboxylic acids is 2. The number of hydrogen-bond donors (Lipinski definition) is 2. The lowest BCUT2D eigenvalue weighted by Crippen LogP contribution is -2.35. The minimum atomic E-state index is -0.217. The highest BCUT2D eigenvalue weighted by atomic mass is 32.2. The minimum Gasteiger partial charge on any atom is -0.333 e.